The molecule has 2 heterocycles. The normalized spacial score (nSPS) is 19.2. The number of rotatable bonds is 6. The summed E-state index contributed by atoms with van der Waals surface area (Å²) in [6.45, 7) is 6.21. The Morgan fingerprint density at radius 2 is 1.96 bits per heavy atom. The van der Waals surface area contributed by atoms with Gasteiger partial charge < -0.3 is 5.11 Å². The van der Waals surface area contributed by atoms with Crippen molar-refractivity contribution in [3.05, 3.63) is 65.2 Å². The van der Waals surface area contributed by atoms with Crippen molar-refractivity contribution in [2.45, 2.75) is 32.5 Å². The number of nitrogens with zero attached hydrogens (tertiary/aromatic N) is 3. The second-order valence-corrected chi connectivity index (χ2v) is 6.73. The zero-order valence-corrected chi connectivity index (χ0v) is 14.7. The lowest BCUT2D eigenvalue weighted by Crippen LogP contribution is -2.52. The average Bonchev–Trinajstić information content (AvgIpc) is 2.59. The lowest BCUT2D eigenvalue weighted by molar-refractivity contribution is 0.0487. The Balaban J connectivity index is 1.65. The predicted molar refractivity (Wildman–Crippen MR) is 96.6 cm³/mol. The highest BCUT2D eigenvalue weighted by molar-refractivity contribution is 5.17. The van der Waals surface area contributed by atoms with Gasteiger partial charge >= 0.3 is 0 Å². The molecular formula is C20H26FN3O. The highest BCUT2D eigenvalue weighted by Crippen LogP contribution is 2.19. The first-order chi connectivity index (χ1) is 12.2. The summed E-state index contributed by atoms with van der Waals surface area (Å²) in [5.41, 5.74) is 2.83. The van der Waals surface area contributed by atoms with E-state index in [0.717, 1.165) is 43.1 Å². The van der Waals surface area contributed by atoms with Gasteiger partial charge in [-0.25, -0.2) is 4.39 Å². The standard InChI is InChI=1S/C20H26FN3O/c1-16-5-4-7-18(22-16)14-23-10-11-24(19(15-23)9-12-25)13-17-6-2-3-8-20(17)21/h2-8,19,25H,9-15H2,1H3/t19-/m0/s1. The molecule has 1 saturated heterocycles. The number of pyridine rings is 1. The van der Waals surface area contributed by atoms with Crippen molar-refractivity contribution in [1.29, 1.82) is 0 Å². The summed E-state index contributed by atoms with van der Waals surface area (Å²) in [4.78, 5) is 9.24. The monoisotopic (exact) mass is 343 g/mol. The van der Waals surface area contributed by atoms with Crippen LogP contribution in [0.5, 0.6) is 0 Å². The second-order valence-electron chi connectivity index (χ2n) is 6.73. The summed E-state index contributed by atoms with van der Waals surface area (Å²) < 4.78 is 14.0. The molecular weight excluding hydrogens is 317 g/mol. The summed E-state index contributed by atoms with van der Waals surface area (Å²) in [7, 11) is 0. The van der Waals surface area contributed by atoms with Crippen molar-refractivity contribution in [2.24, 2.45) is 0 Å². The van der Waals surface area contributed by atoms with Crippen LogP contribution >= 0.6 is 0 Å². The number of aliphatic hydroxyl groups is 1. The number of aliphatic hydroxyl groups excluding tert-OH is 1. The smallest absolute Gasteiger partial charge is 0.127 e. The molecule has 1 aromatic carbocycles. The van der Waals surface area contributed by atoms with Crippen molar-refractivity contribution in [1.82, 2.24) is 14.8 Å². The van der Waals surface area contributed by atoms with E-state index in [4.69, 9.17) is 0 Å². The van der Waals surface area contributed by atoms with E-state index in [1.165, 1.54) is 6.07 Å². The molecule has 0 unspecified atom stereocenters. The third kappa shape index (κ3) is 4.84. The van der Waals surface area contributed by atoms with E-state index < -0.39 is 0 Å². The Bertz CT molecular complexity index is 694. The van der Waals surface area contributed by atoms with Crippen LogP contribution in [0.25, 0.3) is 0 Å². The van der Waals surface area contributed by atoms with Crippen molar-refractivity contribution < 1.29 is 9.50 Å². The second kappa shape index (κ2) is 8.52. The van der Waals surface area contributed by atoms with E-state index in [1.54, 1.807) is 6.07 Å². The van der Waals surface area contributed by atoms with Gasteiger partial charge in [0.2, 0.25) is 0 Å². The Morgan fingerprint density at radius 1 is 1.12 bits per heavy atom. The minimum atomic E-state index is -0.156. The molecule has 1 aliphatic heterocycles. The Kier molecular flexibility index (Phi) is 6.13. The maximum atomic E-state index is 14.0. The predicted octanol–water partition coefficient (Wildman–Crippen LogP) is 2.60. The van der Waals surface area contributed by atoms with Crippen LogP contribution in [-0.4, -0.2) is 52.2 Å². The van der Waals surface area contributed by atoms with Gasteiger partial charge in [0.05, 0.1) is 5.69 Å². The largest absolute Gasteiger partial charge is 0.396 e. The van der Waals surface area contributed by atoms with Gasteiger partial charge in [-0.15, -0.1) is 0 Å². The van der Waals surface area contributed by atoms with Gasteiger partial charge in [0.15, 0.2) is 0 Å². The maximum absolute atomic E-state index is 14.0. The minimum Gasteiger partial charge on any atom is -0.396 e. The summed E-state index contributed by atoms with van der Waals surface area (Å²) in [6, 6.07) is 13.3. The van der Waals surface area contributed by atoms with Crippen LogP contribution in [0.4, 0.5) is 4.39 Å². The molecule has 2 aromatic rings. The van der Waals surface area contributed by atoms with E-state index in [0.29, 0.717) is 13.0 Å². The molecule has 134 valence electrons. The third-order valence-electron chi connectivity index (χ3n) is 4.81. The molecule has 5 heteroatoms. The SMILES string of the molecule is Cc1cccc(CN2CCN(Cc3ccccc3F)[C@@H](CCO)C2)n1. The molecule has 25 heavy (non-hydrogen) atoms. The van der Waals surface area contributed by atoms with Crippen LogP contribution in [0.15, 0.2) is 42.5 Å². The number of piperazine rings is 1. The number of benzene rings is 1. The van der Waals surface area contributed by atoms with E-state index in [2.05, 4.69) is 20.9 Å². The van der Waals surface area contributed by atoms with Crippen LogP contribution in [0.2, 0.25) is 0 Å². The zero-order valence-electron chi connectivity index (χ0n) is 14.7. The van der Waals surface area contributed by atoms with Gasteiger partial charge in [-0.3, -0.25) is 14.8 Å². The fourth-order valence-electron chi connectivity index (χ4n) is 3.49. The Labute approximate surface area is 148 Å². The van der Waals surface area contributed by atoms with Gasteiger partial charge in [0, 0.05) is 56.6 Å². The van der Waals surface area contributed by atoms with Crippen LogP contribution in [0.3, 0.4) is 0 Å². The Hall–Kier alpha value is -1.82. The molecule has 3 rings (SSSR count). The fourth-order valence-corrected chi connectivity index (χ4v) is 3.49. The zero-order chi connectivity index (χ0) is 17.6. The molecule has 0 radical (unpaired) electrons. The summed E-state index contributed by atoms with van der Waals surface area (Å²) >= 11 is 0. The van der Waals surface area contributed by atoms with Crippen molar-refractivity contribution in [3.8, 4) is 0 Å². The first kappa shape index (κ1) is 18.0. The Morgan fingerprint density at radius 3 is 2.72 bits per heavy atom. The van der Waals surface area contributed by atoms with Gasteiger partial charge in [-0.05, 0) is 31.5 Å². The lowest BCUT2D eigenvalue weighted by atomic mass is 10.1. The van der Waals surface area contributed by atoms with E-state index in [1.807, 2.05) is 31.2 Å². The molecule has 0 saturated carbocycles. The van der Waals surface area contributed by atoms with E-state index in [9.17, 15) is 9.50 Å². The van der Waals surface area contributed by atoms with Crippen LogP contribution in [0, 0.1) is 12.7 Å². The van der Waals surface area contributed by atoms with Gasteiger partial charge in [-0.2, -0.15) is 0 Å². The quantitative estimate of drug-likeness (QED) is 0.875. The molecule has 1 atom stereocenters. The van der Waals surface area contributed by atoms with Gasteiger partial charge in [-0.1, -0.05) is 24.3 Å². The number of aryl methyl sites for hydroxylation is 1. The van der Waals surface area contributed by atoms with Crippen molar-refractivity contribution in [2.75, 3.05) is 26.2 Å². The first-order valence-corrected chi connectivity index (χ1v) is 8.89. The topological polar surface area (TPSA) is 39.6 Å². The minimum absolute atomic E-state index is 0.148. The average molecular weight is 343 g/mol. The number of hydrogen-bond acceptors (Lipinski definition) is 4. The lowest BCUT2D eigenvalue weighted by Gasteiger charge is -2.41. The van der Waals surface area contributed by atoms with Crippen LogP contribution in [0.1, 0.15) is 23.4 Å². The molecule has 0 amide bonds. The molecule has 0 spiro atoms. The fraction of sp³-hybridized carbons (Fsp3) is 0.450. The van der Waals surface area contributed by atoms with Crippen molar-refractivity contribution >= 4 is 0 Å². The highest BCUT2D eigenvalue weighted by Gasteiger charge is 2.27. The van der Waals surface area contributed by atoms with Gasteiger partial charge in [0.1, 0.15) is 5.82 Å². The molecule has 1 fully saturated rings. The molecule has 0 bridgehead atoms. The van der Waals surface area contributed by atoms with Gasteiger partial charge in [0.25, 0.3) is 0 Å². The van der Waals surface area contributed by atoms with Crippen LogP contribution in [-0.2, 0) is 13.1 Å². The molecule has 0 aliphatic carbocycles. The molecule has 1 aliphatic rings. The molecule has 1 aromatic heterocycles. The van der Waals surface area contributed by atoms with Crippen LogP contribution < -0.4 is 0 Å². The summed E-state index contributed by atoms with van der Waals surface area (Å²) in [5.74, 6) is -0.156. The summed E-state index contributed by atoms with van der Waals surface area (Å²) in [6.07, 6.45) is 0.701. The molecule has 4 nitrogen and oxygen atoms in total. The molecule has 1 N–H and O–H groups in total. The maximum Gasteiger partial charge on any atom is 0.127 e. The number of halogens is 1. The summed E-state index contributed by atoms with van der Waals surface area (Å²) in [5, 5.41) is 9.44. The third-order valence-corrected chi connectivity index (χ3v) is 4.81. The highest BCUT2D eigenvalue weighted by atomic mass is 19.1. The number of aromatic nitrogens is 1. The number of hydrogen-bond donors (Lipinski definition) is 1. The van der Waals surface area contributed by atoms with Crippen molar-refractivity contribution in [3.63, 3.8) is 0 Å². The first-order valence-electron chi connectivity index (χ1n) is 8.89. The van der Waals surface area contributed by atoms with E-state index in [-0.39, 0.29) is 18.5 Å². The van der Waals surface area contributed by atoms with E-state index >= 15 is 0 Å².